The summed E-state index contributed by atoms with van der Waals surface area (Å²) in [6, 6.07) is 0.455. The molecule has 0 aliphatic rings. The van der Waals surface area contributed by atoms with E-state index in [2.05, 4.69) is 30.7 Å². The van der Waals surface area contributed by atoms with Gasteiger partial charge in [0.25, 0.3) is 0 Å². The van der Waals surface area contributed by atoms with E-state index in [0.717, 1.165) is 23.8 Å². The molecule has 0 bridgehead atoms. The van der Waals surface area contributed by atoms with Crippen LogP contribution in [0.2, 0.25) is 0 Å². The first-order chi connectivity index (χ1) is 5.70. The maximum Gasteiger partial charge on any atom is 0.166 e. The molecule has 72 valence electrons. The summed E-state index contributed by atoms with van der Waals surface area (Å²) in [6.07, 6.45) is 3.21. The van der Waals surface area contributed by atoms with Crippen LogP contribution >= 0.6 is 24.0 Å². The Bertz CT molecular complexity index is 128. The normalized spacial score (nSPS) is 12.2. The number of hydrogen-bond acceptors (Lipinski definition) is 2. The van der Waals surface area contributed by atoms with Crippen LogP contribution in [0.15, 0.2) is 0 Å². The summed E-state index contributed by atoms with van der Waals surface area (Å²) in [5, 5.41) is 7.12. The maximum absolute atomic E-state index is 5.08. The largest absolute Gasteiger partial charge is 0.363 e. The highest BCUT2D eigenvalue weighted by atomic mass is 32.2. The molecule has 0 aromatic heterocycles. The van der Waals surface area contributed by atoms with Crippen LogP contribution in [0.5, 0.6) is 0 Å². The van der Waals surface area contributed by atoms with Gasteiger partial charge in [-0.3, -0.25) is 0 Å². The Morgan fingerprint density at radius 2 is 2.25 bits per heavy atom. The summed E-state index contributed by atoms with van der Waals surface area (Å²) < 4.78 is 0. The van der Waals surface area contributed by atoms with Crippen LogP contribution in [0.3, 0.4) is 0 Å². The van der Waals surface area contributed by atoms with E-state index in [1.165, 1.54) is 0 Å². The topological polar surface area (TPSA) is 24.1 Å². The van der Waals surface area contributed by atoms with Crippen molar-refractivity contribution >= 4 is 29.1 Å². The van der Waals surface area contributed by atoms with E-state index in [4.69, 9.17) is 12.2 Å². The fourth-order valence-electron chi connectivity index (χ4n) is 0.805. The molecule has 0 saturated heterocycles. The summed E-state index contributed by atoms with van der Waals surface area (Å²) in [5.74, 6) is 1.09. The molecule has 2 N–H and O–H groups in total. The zero-order chi connectivity index (χ0) is 9.40. The van der Waals surface area contributed by atoms with Gasteiger partial charge in [-0.15, -0.1) is 0 Å². The van der Waals surface area contributed by atoms with Crippen molar-refractivity contribution in [3.8, 4) is 0 Å². The fraction of sp³-hybridized carbons (Fsp3) is 0.875. The zero-order valence-electron chi connectivity index (χ0n) is 8.02. The second kappa shape index (κ2) is 7.68. The molecule has 0 aromatic carbocycles. The molecule has 2 nitrogen and oxygen atoms in total. The van der Waals surface area contributed by atoms with Crippen LogP contribution in [0.1, 0.15) is 20.3 Å². The lowest BCUT2D eigenvalue weighted by molar-refractivity contribution is 0.716. The molecule has 0 saturated carbocycles. The third-order valence-electron chi connectivity index (χ3n) is 1.33. The van der Waals surface area contributed by atoms with Gasteiger partial charge in [0.15, 0.2) is 5.11 Å². The minimum atomic E-state index is 0.455. The van der Waals surface area contributed by atoms with E-state index in [1.807, 2.05) is 11.8 Å². The van der Waals surface area contributed by atoms with Crippen molar-refractivity contribution in [3.63, 3.8) is 0 Å². The van der Waals surface area contributed by atoms with E-state index in [9.17, 15) is 0 Å². The molecule has 0 radical (unpaired) electrons. The van der Waals surface area contributed by atoms with Crippen molar-refractivity contribution in [1.82, 2.24) is 10.6 Å². The van der Waals surface area contributed by atoms with Crippen molar-refractivity contribution in [3.05, 3.63) is 0 Å². The molecule has 0 aromatic rings. The first-order valence-electron chi connectivity index (χ1n) is 4.24. The first-order valence-corrected chi connectivity index (χ1v) is 6.04. The van der Waals surface area contributed by atoms with Crippen LogP contribution in [-0.4, -0.2) is 29.7 Å². The third kappa shape index (κ3) is 6.73. The highest BCUT2D eigenvalue weighted by molar-refractivity contribution is 7.98. The van der Waals surface area contributed by atoms with E-state index >= 15 is 0 Å². The lowest BCUT2D eigenvalue weighted by Crippen LogP contribution is -2.41. The first kappa shape index (κ1) is 12.0. The van der Waals surface area contributed by atoms with Gasteiger partial charge in [-0.05, 0) is 31.8 Å². The average molecular weight is 206 g/mol. The highest BCUT2D eigenvalue weighted by Crippen LogP contribution is 1.95. The lowest BCUT2D eigenvalue weighted by atomic mass is 10.4. The molecule has 1 unspecified atom stereocenters. The quantitative estimate of drug-likeness (QED) is 0.668. The third-order valence-corrected chi connectivity index (χ3v) is 2.43. The number of thioether (sulfide) groups is 1. The Balaban J connectivity index is 3.40. The Labute approximate surface area is 84.9 Å². The SMILES string of the molecule is CCCNC(=S)NC(C)CSC. The van der Waals surface area contributed by atoms with Gasteiger partial charge in [-0.1, -0.05) is 6.92 Å². The summed E-state index contributed by atoms with van der Waals surface area (Å²) >= 11 is 6.90. The lowest BCUT2D eigenvalue weighted by Gasteiger charge is -2.15. The summed E-state index contributed by atoms with van der Waals surface area (Å²) in [6.45, 7) is 5.22. The standard InChI is InChI=1S/C8H18N2S2/c1-4-5-9-8(11)10-7(2)6-12-3/h7H,4-6H2,1-3H3,(H2,9,10,11). The number of hydrogen-bond donors (Lipinski definition) is 2. The molecule has 0 heterocycles. The van der Waals surface area contributed by atoms with Crippen molar-refractivity contribution in [2.75, 3.05) is 18.6 Å². The number of thiocarbonyl (C=S) groups is 1. The van der Waals surface area contributed by atoms with E-state index in [-0.39, 0.29) is 0 Å². The summed E-state index contributed by atoms with van der Waals surface area (Å²) in [7, 11) is 0. The van der Waals surface area contributed by atoms with Gasteiger partial charge in [-0.25, -0.2) is 0 Å². The molecule has 0 amide bonds. The Morgan fingerprint density at radius 3 is 2.75 bits per heavy atom. The molecule has 1 atom stereocenters. The second-order valence-electron chi connectivity index (χ2n) is 2.76. The molecular formula is C8H18N2S2. The van der Waals surface area contributed by atoms with Crippen molar-refractivity contribution in [2.45, 2.75) is 26.3 Å². The monoisotopic (exact) mass is 206 g/mol. The van der Waals surface area contributed by atoms with Crippen molar-refractivity contribution in [1.29, 1.82) is 0 Å². The second-order valence-corrected chi connectivity index (χ2v) is 4.08. The predicted octanol–water partition coefficient (Wildman–Crippen LogP) is 1.61. The smallest absolute Gasteiger partial charge is 0.166 e. The Hall–Kier alpha value is 0.0400. The molecule has 0 aliphatic carbocycles. The van der Waals surface area contributed by atoms with Crippen LogP contribution in [0.25, 0.3) is 0 Å². The summed E-state index contributed by atoms with van der Waals surface area (Å²) in [5.41, 5.74) is 0. The molecule has 12 heavy (non-hydrogen) atoms. The van der Waals surface area contributed by atoms with Gasteiger partial charge in [0.05, 0.1) is 0 Å². The van der Waals surface area contributed by atoms with Gasteiger partial charge in [0.2, 0.25) is 0 Å². The summed E-state index contributed by atoms with van der Waals surface area (Å²) in [4.78, 5) is 0. The molecule has 0 spiro atoms. The molecule has 4 heteroatoms. The van der Waals surface area contributed by atoms with Gasteiger partial charge in [-0.2, -0.15) is 11.8 Å². The Morgan fingerprint density at radius 1 is 1.58 bits per heavy atom. The van der Waals surface area contributed by atoms with Crippen LogP contribution < -0.4 is 10.6 Å². The van der Waals surface area contributed by atoms with E-state index in [1.54, 1.807) is 0 Å². The zero-order valence-corrected chi connectivity index (χ0v) is 9.65. The van der Waals surface area contributed by atoms with Crippen LogP contribution in [-0.2, 0) is 0 Å². The van der Waals surface area contributed by atoms with Crippen LogP contribution in [0, 0.1) is 0 Å². The predicted molar refractivity (Wildman–Crippen MR) is 61.9 cm³/mol. The minimum absolute atomic E-state index is 0.455. The fourth-order valence-corrected chi connectivity index (χ4v) is 1.69. The highest BCUT2D eigenvalue weighted by Gasteiger charge is 2.01. The van der Waals surface area contributed by atoms with E-state index in [0.29, 0.717) is 6.04 Å². The molecule has 0 fully saturated rings. The molecular weight excluding hydrogens is 188 g/mol. The Kier molecular flexibility index (Phi) is 7.70. The molecule has 0 aliphatic heterocycles. The van der Waals surface area contributed by atoms with E-state index < -0.39 is 0 Å². The molecule has 0 rings (SSSR count). The van der Waals surface area contributed by atoms with Crippen LogP contribution in [0.4, 0.5) is 0 Å². The van der Waals surface area contributed by atoms with Gasteiger partial charge < -0.3 is 10.6 Å². The van der Waals surface area contributed by atoms with Gasteiger partial charge >= 0.3 is 0 Å². The van der Waals surface area contributed by atoms with Gasteiger partial charge in [0.1, 0.15) is 0 Å². The minimum Gasteiger partial charge on any atom is -0.363 e. The number of nitrogens with one attached hydrogen (secondary N) is 2. The van der Waals surface area contributed by atoms with Gasteiger partial charge in [0, 0.05) is 18.3 Å². The average Bonchev–Trinajstić information content (AvgIpc) is 2.01. The number of rotatable bonds is 5. The van der Waals surface area contributed by atoms with Crippen molar-refractivity contribution in [2.24, 2.45) is 0 Å². The maximum atomic E-state index is 5.08. The van der Waals surface area contributed by atoms with Crippen molar-refractivity contribution < 1.29 is 0 Å².